The van der Waals surface area contributed by atoms with Gasteiger partial charge >= 0.3 is 0 Å². The summed E-state index contributed by atoms with van der Waals surface area (Å²) < 4.78 is 18.3. The van der Waals surface area contributed by atoms with E-state index in [-0.39, 0.29) is 11.9 Å². The van der Waals surface area contributed by atoms with Crippen molar-refractivity contribution in [2.75, 3.05) is 20.3 Å². The molecule has 0 saturated carbocycles. The van der Waals surface area contributed by atoms with E-state index in [1.165, 1.54) is 12.1 Å². The van der Waals surface area contributed by atoms with Gasteiger partial charge in [0.25, 0.3) is 0 Å². The SMILES string of the molecule is CCCNC(CCc1cc(F)ccc1Cl)COC. The second-order valence-corrected chi connectivity index (χ2v) is 4.79. The van der Waals surface area contributed by atoms with Crippen molar-refractivity contribution in [3.05, 3.63) is 34.6 Å². The zero-order valence-electron chi connectivity index (χ0n) is 11.0. The predicted molar refractivity (Wildman–Crippen MR) is 73.7 cm³/mol. The van der Waals surface area contributed by atoms with Gasteiger partial charge in [0.1, 0.15) is 5.82 Å². The van der Waals surface area contributed by atoms with Crippen LogP contribution in [0.15, 0.2) is 18.2 Å². The van der Waals surface area contributed by atoms with Crippen molar-refractivity contribution < 1.29 is 9.13 Å². The fourth-order valence-corrected chi connectivity index (χ4v) is 2.07. The van der Waals surface area contributed by atoms with Crippen LogP contribution in [0.2, 0.25) is 5.02 Å². The van der Waals surface area contributed by atoms with Crippen LogP contribution in [0.1, 0.15) is 25.3 Å². The van der Waals surface area contributed by atoms with Crippen molar-refractivity contribution in [2.24, 2.45) is 0 Å². The lowest BCUT2D eigenvalue weighted by atomic mass is 10.1. The van der Waals surface area contributed by atoms with Gasteiger partial charge in [-0.2, -0.15) is 0 Å². The summed E-state index contributed by atoms with van der Waals surface area (Å²) in [5.74, 6) is -0.237. The molecule has 0 aliphatic rings. The van der Waals surface area contributed by atoms with Gasteiger partial charge in [-0.05, 0) is 49.6 Å². The van der Waals surface area contributed by atoms with E-state index in [4.69, 9.17) is 16.3 Å². The number of halogens is 2. The van der Waals surface area contributed by atoms with E-state index in [0.29, 0.717) is 11.6 Å². The zero-order valence-corrected chi connectivity index (χ0v) is 11.8. The molecule has 0 radical (unpaired) electrons. The summed E-state index contributed by atoms with van der Waals surface area (Å²) in [4.78, 5) is 0. The summed E-state index contributed by atoms with van der Waals surface area (Å²) >= 11 is 6.04. The molecule has 1 aromatic carbocycles. The van der Waals surface area contributed by atoms with Crippen LogP contribution in [0.5, 0.6) is 0 Å². The van der Waals surface area contributed by atoms with Gasteiger partial charge in [-0.3, -0.25) is 0 Å². The summed E-state index contributed by atoms with van der Waals surface area (Å²) in [7, 11) is 1.69. The average Bonchev–Trinajstić information content (AvgIpc) is 2.36. The predicted octanol–water partition coefficient (Wildman–Crippen LogP) is 3.43. The van der Waals surface area contributed by atoms with Gasteiger partial charge in [0.15, 0.2) is 0 Å². The Morgan fingerprint density at radius 3 is 2.89 bits per heavy atom. The number of ether oxygens (including phenoxy) is 1. The number of nitrogens with one attached hydrogen (secondary N) is 1. The van der Waals surface area contributed by atoms with Crippen LogP contribution in [0.4, 0.5) is 4.39 Å². The van der Waals surface area contributed by atoms with Crippen LogP contribution in [0.25, 0.3) is 0 Å². The Morgan fingerprint density at radius 1 is 1.44 bits per heavy atom. The van der Waals surface area contributed by atoms with E-state index < -0.39 is 0 Å². The molecule has 1 atom stereocenters. The lowest BCUT2D eigenvalue weighted by Crippen LogP contribution is -2.34. The van der Waals surface area contributed by atoms with Crippen LogP contribution in [0, 0.1) is 5.82 Å². The van der Waals surface area contributed by atoms with Gasteiger partial charge in [-0.1, -0.05) is 18.5 Å². The first-order chi connectivity index (χ1) is 8.67. The molecule has 0 fully saturated rings. The summed E-state index contributed by atoms with van der Waals surface area (Å²) in [6.07, 6.45) is 2.72. The van der Waals surface area contributed by atoms with Crippen molar-refractivity contribution in [1.29, 1.82) is 0 Å². The van der Waals surface area contributed by atoms with Crippen molar-refractivity contribution in [3.8, 4) is 0 Å². The van der Waals surface area contributed by atoms with Crippen LogP contribution in [-0.4, -0.2) is 26.3 Å². The van der Waals surface area contributed by atoms with Gasteiger partial charge in [-0.25, -0.2) is 4.39 Å². The number of benzene rings is 1. The molecule has 0 aliphatic carbocycles. The molecular weight excluding hydrogens is 253 g/mol. The van der Waals surface area contributed by atoms with E-state index in [1.807, 2.05) is 0 Å². The molecule has 0 spiro atoms. The third kappa shape index (κ3) is 5.34. The molecule has 102 valence electrons. The first-order valence-corrected chi connectivity index (χ1v) is 6.71. The average molecular weight is 274 g/mol. The maximum absolute atomic E-state index is 13.1. The highest BCUT2D eigenvalue weighted by molar-refractivity contribution is 6.31. The summed E-state index contributed by atoms with van der Waals surface area (Å²) in [5, 5.41) is 4.04. The molecule has 1 aromatic rings. The zero-order chi connectivity index (χ0) is 13.4. The summed E-state index contributed by atoms with van der Waals surface area (Å²) in [5.41, 5.74) is 0.857. The normalized spacial score (nSPS) is 12.7. The van der Waals surface area contributed by atoms with Crippen molar-refractivity contribution >= 4 is 11.6 Å². The maximum Gasteiger partial charge on any atom is 0.123 e. The highest BCUT2D eigenvalue weighted by Crippen LogP contribution is 2.19. The van der Waals surface area contributed by atoms with Crippen LogP contribution in [-0.2, 0) is 11.2 Å². The molecule has 0 aliphatic heterocycles. The van der Waals surface area contributed by atoms with Gasteiger partial charge in [0.05, 0.1) is 6.61 Å². The minimum absolute atomic E-state index is 0.237. The Balaban J connectivity index is 2.52. The second kappa shape index (κ2) is 8.46. The number of aryl methyl sites for hydroxylation is 1. The van der Waals surface area contributed by atoms with Crippen molar-refractivity contribution in [2.45, 2.75) is 32.2 Å². The Morgan fingerprint density at radius 2 is 2.22 bits per heavy atom. The standard InChI is InChI=1S/C14H21ClFNO/c1-3-8-17-13(10-18-2)6-4-11-9-12(16)5-7-14(11)15/h5,7,9,13,17H,3-4,6,8,10H2,1-2H3. The third-order valence-electron chi connectivity index (χ3n) is 2.82. The van der Waals surface area contributed by atoms with Gasteiger partial charge < -0.3 is 10.1 Å². The van der Waals surface area contributed by atoms with Gasteiger partial charge in [-0.15, -0.1) is 0 Å². The molecule has 0 heterocycles. The van der Waals surface area contributed by atoms with E-state index in [2.05, 4.69) is 12.2 Å². The quantitative estimate of drug-likeness (QED) is 0.784. The Bertz CT molecular complexity index is 360. The fourth-order valence-electron chi connectivity index (χ4n) is 1.86. The van der Waals surface area contributed by atoms with Crippen LogP contribution in [0.3, 0.4) is 0 Å². The summed E-state index contributed by atoms with van der Waals surface area (Å²) in [6.45, 7) is 3.75. The molecular formula is C14H21ClFNO. The van der Waals surface area contributed by atoms with Crippen LogP contribution < -0.4 is 5.32 Å². The molecule has 0 bridgehead atoms. The molecule has 0 aromatic heterocycles. The molecule has 1 unspecified atom stereocenters. The molecule has 1 N–H and O–H groups in total. The smallest absolute Gasteiger partial charge is 0.123 e. The molecule has 1 rings (SSSR count). The number of hydrogen-bond donors (Lipinski definition) is 1. The number of hydrogen-bond acceptors (Lipinski definition) is 2. The lowest BCUT2D eigenvalue weighted by Gasteiger charge is -2.17. The highest BCUT2D eigenvalue weighted by Gasteiger charge is 2.09. The van der Waals surface area contributed by atoms with Gasteiger partial charge in [0.2, 0.25) is 0 Å². The lowest BCUT2D eigenvalue weighted by molar-refractivity contribution is 0.162. The van der Waals surface area contributed by atoms with E-state index in [0.717, 1.165) is 31.4 Å². The van der Waals surface area contributed by atoms with Gasteiger partial charge in [0, 0.05) is 18.2 Å². The number of methoxy groups -OCH3 is 1. The van der Waals surface area contributed by atoms with E-state index >= 15 is 0 Å². The Labute approximate surface area is 113 Å². The highest BCUT2D eigenvalue weighted by atomic mass is 35.5. The minimum Gasteiger partial charge on any atom is -0.383 e. The molecule has 0 saturated heterocycles. The Hall–Kier alpha value is -0.640. The number of rotatable bonds is 8. The fraction of sp³-hybridized carbons (Fsp3) is 0.571. The monoisotopic (exact) mass is 273 g/mol. The van der Waals surface area contributed by atoms with E-state index in [9.17, 15) is 4.39 Å². The molecule has 0 amide bonds. The van der Waals surface area contributed by atoms with Crippen molar-refractivity contribution in [3.63, 3.8) is 0 Å². The first kappa shape index (κ1) is 15.4. The topological polar surface area (TPSA) is 21.3 Å². The second-order valence-electron chi connectivity index (χ2n) is 4.38. The largest absolute Gasteiger partial charge is 0.383 e. The maximum atomic E-state index is 13.1. The van der Waals surface area contributed by atoms with Crippen molar-refractivity contribution in [1.82, 2.24) is 5.32 Å². The Kier molecular flexibility index (Phi) is 7.25. The summed E-state index contributed by atoms with van der Waals surface area (Å²) in [6, 6.07) is 4.78. The third-order valence-corrected chi connectivity index (χ3v) is 3.19. The molecule has 2 nitrogen and oxygen atoms in total. The van der Waals surface area contributed by atoms with E-state index in [1.54, 1.807) is 13.2 Å². The molecule has 18 heavy (non-hydrogen) atoms. The minimum atomic E-state index is -0.237. The van der Waals surface area contributed by atoms with Crippen LogP contribution >= 0.6 is 11.6 Å². The first-order valence-electron chi connectivity index (χ1n) is 6.33. The molecule has 4 heteroatoms.